The molecule has 1 atom stereocenters. The number of rotatable bonds is 5. The van der Waals surface area contributed by atoms with E-state index >= 15 is 0 Å². The van der Waals surface area contributed by atoms with Crippen molar-refractivity contribution in [3.8, 4) is 0 Å². The molecule has 0 aliphatic carbocycles. The molecule has 1 aliphatic rings. The lowest BCUT2D eigenvalue weighted by Gasteiger charge is -2.20. The number of carbonyl (C=O) groups is 3. The zero-order chi connectivity index (χ0) is 20.4. The molecule has 2 aromatic rings. The fraction of sp³-hybridized carbons (Fsp3) is 0.318. The fourth-order valence-corrected chi connectivity index (χ4v) is 3.51. The molecule has 6 heteroatoms. The number of hydrogen-bond donors (Lipinski definition) is 1. The third-order valence-corrected chi connectivity index (χ3v) is 5.00. The molecule has 0 spiro atoms. The Morgan fingerprint density at radius 2 is 1.75 bits per heavy atom. The zero-order valence-corrected chi connectivity index (χ0v) is 16.3. The normalized spacial score (nSPS) is 15.4. The van der Waals surface area contributed by atoms with E-state index in [9.17, 15) is 19.5 Å². The van der Waals surface area contributed by atoms with Crippen LogP contribution in [0.25, 0.3) is 0 Å². The van der Waals surface area contributed by atoms with Crippen molar-refractivity contribution in [3.05, 3.63) is 65.2 Å². The largest absolute Gasteiger partial charge is 0.481 e. The van der Waals surface area contributed by atoms with E-state index in [-0.39, 0.29) is 24.3 Å². The van der Waals surface area contributed by atoms with E-state index in [0.717, 1.165) is 5.56 Å². The smallest absolute Gasteiger partial charge is 0.312 e. The highest BCUT2D eigenvalue weighted by Crippen LogP contribution is 2.37. The number of carbonyl (C=O) groups excluding carboxylic acids is 2. The van der Waals surface area contributed by atoms with Gasteiger partial charge in [0, 0.05) is 37.3 Å². The van der Waals surface area contributed by atoms with E-state index < -0.39 is 11.9 Å². The predicted molar refractivity (Wildman–Crippen MR) is 106 cm³/mol. The van der Waals surface area contributed by atoms with E-state index in [1.807, 2.05) is 26.0 Å². The number of aliphatic carboxylic acids is 1. The Morgan fingerprint density at radius 1 is 1.11 bits per heavy atom. The molecule has 0 fully saturated rings. The number of carboxylic acids is 1. The number of carboxylic acid groups (broad SMARTS) is 1. The first-order chi connectivity index (χ1) is 13.3. The number of anilines is 1. The molecular weight excluding hydrogens is 356 g/mol. The Bertz CT molecular complexity index is 905. The van der Waals surface area contributed by atoms with Crippen LogP contribution in [-0.4, -0.2) is 41.4 Å². The van der Waals surface area contributed by atoms with E-state index in [4.69, 9.17) is 0 Å². The molecule has 0 bridgehead atoms. The lowest BCUT2D eigenvalue weighted by molar-refractivity contribution is -0.138. The number of benzene rings is 2. The summed E-state index contributed by atoms with van der Waals surface area (Å²) in [4.78, 5) is 39.7. The second-order valence-electron chi connectivity index (χ2n) is 7.41. The van der Waals surface area contributed by atoms with Gasteiger partial charge in [-0.15, -0.1) is 0 Å². The summed E-state index contributed by atoms with van der Waals surface area (Å²) in [6.45, 7) is 4.32. The first kappa shape index (κ1) is 19.6. The van der Waals surface area contributed by atoms with Crippen LogP contribution in [0.2, 0.25) is 0 Å². The number of nitrogens with zero attached hydrogens (tertiary/aromatic N) is 2. The van der Waals surface area contributed by atoms with Crippen molar-refractivity contribution in [2.45, 2.75) is 26.3 Å². The van der Waals surface area contributed by atoms with Gasteiger partial charge in [-0.25, -0.2) is 0 Å². The lowest BCUT2D eigenvalue weighted by atomic mass is 10.0. The van der Waals surface area contributed by atoms with Crippen LogP contribution in [0.5, 0.6) is 0 Å². The van der Waals surface area contributed by atoms with Crippen LogP contribution in [-0.2, 0) is 16.1 Å². The highest BCUT2D eigenvalue weighted by atomic mass is 16.4. The fourth-order valence-electron chi connectivity index (χ4n) is 3.51. The van der Waals surface area contributed by atoms with Gasteiger partial charge in [0.15, 0.2) is 0 Å². The van der Waals surface area contributed by atoms with Gasteiger partial charge in [-0.3, -0.25) is 14.4 Å². The number of para-hydroxylation sites is 1. The van der Waals surface area contributed by atoms with E-state index in [2.05, 4.69) is 0 Å². The molecule has 0 radical (unpaired) electrons. The molecule has 2 aromatic carbocycles. The van der Waals surface area contributed by atoms with Gasteiger partial charge in [-0.1, -0.05) is 44.2 Å². The first-order valence-corrected chi connectivity index (χ1v) is 9.27. The molecule has 0 aromatic heterocycles. The minimum Gasteiger partial charge on any atom is -0.481 e. The number of hydrogen-bond acceptors (Lipinski definition) is 3. The molecule has 6 nitrogen and oxygen atoms in total. The van der Waals surface area contributed by atoms with Crippen LogP contribution in [0.3, 0.4) is 0 Å². The molecule has 3 rings (SSSR count). The van der Waals surface area contributed by atoms with Crippen molar-refractivity contribution in [3.63, 3.8) is 0 Å². The van der Waals surface area contributed by atoms with E-state index in [1.54, 1.807) is 48.3 Å². The monoisotopic (exact) mass is 380 g/mol. The van der Waals surface area contributed by atoms with Gasteiger partial charge < -0.3 is 14.9 Å². The Hall–Kier alpha value is -3.15. The molecule has 1 heterocycles. The SMILES string of the molecule is CC(C)C(=O)N(C)Cc1ccc(C(=O)N2CC(C(=O)O)c3ccccc32)cc1. The van der Waals surface area contributed by atoms with Crippen LogP contribution >= 0.6 is 0 Å². The molecule has 1 N–H and O–H groups in total. The molecule has 146 valence electrons. The molecule has 1 unspecified atom stereocenters. The predicted octanol–water partition coefficient (Wildman–Crippen LogP) is 3.13. The average molecular weight is 380 g/mol. The lowest BCUT2D eigenvalue weighted by Crippen LogP contribution is -2.31. The maximum Gasteiger partial charge on any atom is 0.312 e. The quantitative estimate of drug-likeness (QED) is 0.864. The standard InChI is InChI=1S/C22H24N2O4/c1-14(2)20(25)23(3)12-15-8-10-16(11-9-15)21(26)24-13-18(22(27)28)17-6-4-5-7-19(17)24/h4-11,14,18H,12-13H2,1-3H3,(H,27,28). The third kappa shape index (κ3) is 3.76. The zero-order valence-electron chi connectivity index (χ0n) is 16.3. The minimum absolute atomic E-state index is 0.0635. The van der Waals surface area contributed by atoms with Crippen molar-refractivity contribution in [1.82, 2.24) is 4.90 Å². The second-order valence-corrected chi connectivity index (χ2v) is 7.41. The Morgan fingerprint density at radius 3 is 2.36 bits per heavy atom. The summed E-state index contributed by atoms with van der Waals surface area (Å²) in [7, 11) is 1.76. The van der Waals surface area contributed by atoms with Gasteiger partial charge in [0.2, 0.25) is 5.91 Å². The maximum atomic E-state index is 13.0. The van der Waals surface area contributed by atoms with Crippen LogP contribution in [0.15, 0.2) is 48.5 Å². The van der Waals surface area contributed by atoms with Crippen LogP contribution < -0.4 is 4.90 Å². The van der Waals surface area contributed by atoms with Crippen LogP contribution in [0, 0.1) is 5.92 Å². The summed E-state index contributed by atoms with van der Waals surface area (Å²) in [5, 5.41) is 9.46. The van der Waals surface area contributed by atoms with Crippen LogP contribution in [0.4, 0.5) is 5.69 Å². The molecular formula is C22H24N2O4. The number of fused-ring (bicyclic) bond motifs is 1. The van der Waals surface area contributed by atoms with Crippen molar-refractivity contribution < 1.29 is 19.5 Å². The van der Waals surface area contributed by atoms with Crippen molar-refractivity contribution in [2.75, 3.05) is 18.5 Å². The van der Waals surface area contributed by atoms with E-state index in [1.165, 1.54) is 4.90 Å². The Balaban J connectivity index is 1.77. The van der Waals surface area contributed by atoms with Gasteiger partial charge in [0.25, 0.3) is 5.91 Å². The summed E-state index contributed by atoms with van der Waals surface area (Å²) in [6.07, 6.45) is 0. The van der Waals surface area contributed by atoms with Gasteiger partial charge in [0.1, 0.15) is 5.92 Å². The second kappa shape index (κ2) is 7.84. The summed E-state index contributed by atoms with van der Waals surface area (Å²) in [5.41, 5.74) is 2.72. The minimum atomic E-state index is -0.934. The van der Waals surface area contributed by atoms with Crippen molar-refractivity contribution in [2.24, 2.45) is 5.92 Å². The highest BCUT2D eigenvalue weighted by Gasteiger charge is 2.36. The highest BCUT2D eigenvalue weighted by molar-refractivity contribution is 6.08. The number of amides is 2. The van der Waals surface area contributed by atoms with E-state index in [0.29, 0.717) is 23.4 Å². The summed E-state index contributed by atoms with van der Waals surface area (Å²) in [6, 6.07) is 14.2. The molecule has 0 saturated carbocycles. The van der Waals surface area contributed by atoms with Gasteiger partial charge >= 0.3 is 5.97 Å². The summed E-state index contributed by atoms with van der Waals surface area (Å²) < 4.78 is 0. The maximum absolute atomic E-state index is 13.0. The van der Waals surface area contributed by atoms with Gasteiger partial charge in [-0.2, -0.15) is 0 Å². The van der Waals surface area contributed by atoms with Gasteiger partial charge in [-0.05, 0) is 29.3 Å². The van der Waals surface area contributed by atoms with Gasteiger partial charge in [0.05, 0.1) is 0 Å². The molecule has 2 amide bonds. The third-order valence-electron chi connectivity index (χ3n) is 5.00. The van der Waals surface area contributed by atoms with Crippen LogP contribution in [0.1, 0.15) is 41.3 Å². The summed E-state index contributed by atoms with van der Waals surface area (Å²) in [5.74, 6) is -1.88. The van der Waals surface area contributed by atoms with Crippen molar-refractivity contribution >= 4 is 23.5 Å². The molecule has 0 saturated heterocycles. The first-order valence-electron chi connectivity index (χ1n) is 9.27. The Kier molecular flexibility index (Phi) is 5.49. The topological polar surface area (TPSA) is 77.9 Å². The van der Waals surface area contributed by atoms with Crippen molar-refractivity contribution in [1.29, 1.82) is 0 Å². The molecule has 28 heavy (non-hydrogen) atoms. The average Bonchev–Trinajstić information content (AvgIpc) is 3.07. The molecule has 1 aliphatic heterocycles. The Labute approximate surface area is 164 Å². The summed E-state index contributed by atoms with van der Waals surface area (Å²) >= 11 is 0.